The van der Waals surface area contributed by atoms with Gasteiger partial charge in [0.25, 0.3) is 0 Å². The number of aryl methyl sites for hydroxylation is 1. The fourth-order valence-corrected chi connectivity index (χ4v) is 3.04. The normalized spacial score (nSPS) is 26.1. The Kier molecular flexibility index (Phi) is 5.29. The first-order chi connectivity index (χ1) is 9.25. The smallest absolute Gasteiger partial charge is 0.191 e. The molecule has 0 amide bonds. The third-order valence-electron chi connectivity index (χ3n) is 4.32. The molecule has 1 aliphatic carbocycles. The number of nitrogens with two attached hydrogens (primary N) is 1. The van der Waals surface area contributed by atoms with Crippen LogP contribution in [0.4, 0.5) is 0 Å². The molecule has 1 heterocycles. The molecule has 1 aromatic carbocycles. The van der Waals surface area contributed by atoms with Gasteiger partial charge in [-0.25, -0.2) is 4.99 Å². The molecule has 3 rings (SSSR count). The second-order valence-corrected chi connectivity index (χ2v) is 5.80. The van der Waals surface area contributed by atoms with Crippen LogP contribution in [-0.2, 0) is 0 Å². The summed E-state index contributed by atoms with van der Waals surface area (Å²) >= 11 is 0. The largest absolute Gasteiger partial charge is 0.370 e. The van der Waals surface area contributed by atoms with Crippen LogP contribution in [0.2, 0.25) is 0 Å². The summed E-state index contributed by atoms with van der Waals surface area (Å²) in [5.41, 5.74) is 8.97. The van der Waals surface area contributed by atoms with Gasteiger partial charge in [0.15, 0.2) is 5.96 Å². The summed E-state index contributed by atoms with van der Waals surface area (Å²) < 4.78 is 0. The minimum Gasteiger partial charge on any atom is -0.370 e. The summed E-state index contributed by atoms with van der Waals surface area (Å²) in [6, 6.07) is 9.04. The van der Waals surface area contributed by atoms with Crippen LogP contribution in [0.1, 0.15) is 42.7 Å². The molecule has 110 valence electrons. The Morgan fingerprint density at radius 2 is 1.90 bits per heavy atom. The average Bonchev–Trinajstić information content (AvgIpc) is 3.19. The second kappa shape index (κ2) is 6.78. The molecule has 2 fully saturated rings. The predicted octanol–water partition coefficient (Wildman–Crippen LogP) is 3.27. The number of hydrogen-bond donors (Lipinski definition) is 1. The Morgan fingerprint density at radius 1 is 1.20 bits per heavy atom. The van der Waals surface area contributed by atoms with E-state index >= 15 is 0 Å². The first-order valence-corrected chi connectivity index (χ1v) is 7.39. The zero-order valence-electron chi connectivity index (χ0n) is 12.1. The molecule has 1 aliphatic heterocycles. The first kappa shape index (κ1) is 15.6. The van der Waals surface area contributed by atoms with Gasteiger partial charge < -0.3 is 10.6 Å². The average molecular weight is 385 g/mol. The summed E-state index contributed by atoms with van der Waals surface area (Å²) in [4.78, 5) is 6.98. The van der Waals surface area contributed by atoms with E-state index in [0.29, 0.717) is 12.0 Å². The molecule has 20 heavy (non-hydrogen) atoms. The Balaban J connectivity index is 0.00000147. The maximum Gasteiger partial charge on any atom is 0.191 e. The van der Waals surface area contributed by atoms with E-state index in [-0.39, 0.29) is 24.0 Å². The highest BCUT2D eigenvalue weighted by Crippen LogP contribution is 2.44. The van der Waals surface area contributed by atoms with Gasteiger partial charge in [-0.15, -0.1) is 24.0 Å². The zero-order valence-corrected chi connectivity index (χ0v) is 14.4. The molecule has 2 unspecified atom stereocenters. The fraction of sp³-hybridized carbons (Fsp3) is 0.562. The van der Waals surface area contributed by atoms with E-state index in [1.165, 1.54) is 30.4 Å². The van der Waals surface area contributed by atoms with Crippen molar-refractivity contribution in [2.75, 3.05) is 13.1 Å². The van der Waals surface area contributed by atoms with Crippen molar-refractivity contribution < 1.29 is 0 Å². The number of rotatable bonds is 2. The first-order valence-electron chi connectivity index (χ1n) is 7.39. The topological polar surface area (TPSA) is 41.6 Å². The number of benzene rings is 1. The quantitative estimate of drug-likeness (QED) is 0.482. The molecule has 0 radical (unpaired) electrons. The number of halogens is 1. The summed E-state index contributed by atoms with van der Waals surface area (Å²) in [5, 5.41) is 0. The van der Waals surface area contributed by atoms with Crippen LogP contribution in [-0.4, -0.2) is 30.0 Å². The Morgan fingerprint density at radius 3 is 2.60 bits per heavy atom. The van der Waals surface area contributed by atoms with E-state index in [1.54, 1.807) is 0 Å². The van der Waals surface area contributed by atoms with Crippen LogP contribution in [0.15, 0.2) is 29.3 Å². The van der Waals surface area contributed by atoms with Crippen LogP contribution < -0.4 is 5.73 Å². The Bertz CT molecular complexity index is 480. The lowest BCUT2D eigenvalue weighted by Crippen LogP contribution is -2.41. The number of hydrogen-bond acceptors (Lipinski definition) is 1. The Labute approximate surface area is 138 Å². The van der Waals surface area contributed by atoms with Crippen molar-refractivity contribution in [1.82, 2.24) is 4.90 Å². The van der Waals surface area contributed by atoms with E-state index in [1.807, 2.05) is 0 Å². The number of guanidine groups is 1. The lowest BCUT2D eigenvalue weighted by Gasteiger charge is -2.27. The van der Waals surface area contributed by atoms with Gasteiger partial charge in [0.2, 0.25) is 0 Å². The standard InChI is InChI=1S/C16H23N3.HI/c1-12-7-3-4-8-13(12)14-11-15(14)18-16(17)19-9-5-2-6-10-19;/h3-4,7-8,14-15H,2,5-6,9-11H2,1H3,(H2,17,18);1H. The monoisotopic (exact) mass is 385 g/mol. The van der Waals surface area contributed by atoms with E-state index in [4.69, 9.17) is 10.7 Å². The van der Waals surface area contributed by atoms with Crippen molar-refractivity contribution in [3.63, 3.8) is 0 Å². The molecule has 3 nitrogen and oxygen atoms in total. The molecule has 0 aromatic heterocycles. The molecular weight excluding hydrogens is 361 g/mol. The molecule has 1 saturated heterocycles. The van der Waals surface area contributed by atoms with E-state index < -0.39 is 0 Å². The van der Waals surface area contributed by atoms with Crippen LogP contribution in [0.3, 0.4) is 0 Å². The SMILES string of the molecule is Cc1ccccc1C1CC1N=C(N)N1CCCCC1.I. The highest BCUT2D eigenvalue weighted by atomic mass is 127. The minimum absolute atomic E-state index is 0. The third kappa shape index (κ3) is 3.45. The molecular formula is C16H24IN3. The van der Waals surface area contributed by atoms with E-state index in [2.05, 4.69) is 36.1 Å². The molecule has 4 heteroatoms. The number of aliphatic imine (C=N–C) groups is 1. The van der Waals surface area contributed by atoms with Crippen LogP contribution in [0, 0.1) is 6.92 Å². The van der Waals surface area contributed by atoms with Gasteiger partial charge in [-0.3, -0.25) is 0 Å². The Hall–Kier alpha value is -0.780. The van der Waals surface area contributed by atoms with Gasteiger partial charge >= 0.3 is 0 Å². The molecule has 2 aliphatic rings. The van der Waals surface area contributed by atoms with Crippen molar-refractivity contribution in [3.8, 4) is 0 Å². The lowest BCUT2D eigenvalue weighted by molar-refractivity contribution is 0.338. The van der Waals surface area contributed by atoms with Gasteiger partial charge in [0.05, 0.1) is 6.04 Å². The summed E-state index contributed by atoms with van der Waals surface area (Å²) in [7, 11) is 0. The van der Waals surface area contributed by atoms with E-state index in [0.717, 1.165) is 25.5 Å². The maximum atomic E-state index is 6.14. The lowest BCUT2D eigenvalue weighted by atomic mass is 10.0. The number of piperidine rings is 1. The van der Waals surface area contributed by atoms with Crippen LogP contribution in [0.5, 0.6) is 0 Å². The maximum absolute atomic E-state index is 6.14. The van der Waals surface area contributed by atoms with Crippen LogP contribution in [0.25, 0.3) is 0 Å². The molecule has 2 atom stereocenters. The molecule has 0 spiro atoms. The van der Waals surface area contributed by atoms with Crippen molar-refractivity contribution >= 4 is 29.9 Å². The van der Waals surface area contributed by atoms with Crippen molar-refractivity contribution in [3.05, 3.63) is 35.4 Å². The van der Waals surface area contributed by atoms with Crippen molar-refractivity contribution in [2.24, 2.45) is 10.7 Å². The minimum atomic E-state index is 0. The summed E-state index contributed by atoms with van der Waals surface area (Å²) in [5.74, 6) is 1.35. The van der Waals surface area contributed by atoms with Gasteiger partial charge in [0, 0.05) is 19.0 Å². The number of nitrogens with zero attached hydrogens (tertiary/aromatic N) is 2. The van der Waals surface area contributed by atoms with E-state index in [9.17, 15) is 0 Å². The highest BCUT2D eigenvalue weighted by Gasteiger charge is 2.39. The molecule has 1 aromatic rings. The van der Waals surface area contributed by atoms with Gasteiger partial charge in [0.1, 0.15) is 0 Å². The van der Waals surface area contributed by atoms with Gasteiger partial charge in [-0.05, 0) is 43.7 Å². The van der Waals surface area contributed by atoms with Gasteiger partial charge in [-0.2, -0.15) is 0 Å². The second-order valence-electron chi connectivity index (χ2n) is 5.80. The van der Waals surface area contributed by atoms with Crippen molar-refractivity contribution in [1.29, 1.82) is 0 Å². The van der Waals surface area contributed by atoms with Gasteiger partial charge in [-0.1, -0.05) is 24.3 Å². The summed E-state index contributed by atoms with van der Waals surface area (Å²) in [6.45, 7) is 4.34. The fourth-order valence-electron chi connectivity index (χ4n) is 3.04. The predicted molar refractivity (Wildman–Crippen MR) is 94.8 cm³/mol. The number of likely N-dealkylation sites (tertiary alicyclic amines) is 1. The summed E-state index contributed by atoms with van der Waals surface area (Å²) in [6.07, 6.45) is 4.99. The molecule has 1 saturated carbocycles. The molecule has 0 bridgehead atoms. The van der Waals surface area contributed by atoms with Crippen molar-refractivity contribution in [2.45, 2.75) is 44.6 Å². The third-order valence-corrected chi connectivity index (χ3v) is 4.32. The zero-order chi connectivity index (χ0) is 13.2. The highest BCUT2D eigenvalue weighted by molar-refractivity contribution is 14.0. The molecule has 2 N–H and O–H groups in total. The van der Waals surface area contributed by atoms with Crippen LogP contribution >= 0.6 is 24.0 Å².